The number of hydrogen-bond acceptors (Lipinski definition) is 7. The third kappa shape index (κ3) is 4.36. The summed E-state index contributed by atoms with van der Waals surface area (Å²) in [5.74, 6) is 1.01. The van der Waals surface area contributed by atoms with Crippen molar-refractivity contribution in [1.82, 2.24) is 29.2 Å². The van der Waals surface area contributed by atoms with Crippen molar-refractivity contribution in [3.63, 3.8) is 0 Å². The lowest BCUT2D eigenvalue weighted by Crippen LogP contribution is -2.35. The molecule has 1 fully saturated rings. The van der Waals surface area contributed by atoms with Crippen LogP contribution in [0, 0.1) is 5.82 Å². The van der Waals surface area contributed by atoms with Gasteiger partial charge in [-0.05, 0) is 57.1 Å². The number of nitrogens with zero attached hydrogens (tertiary/aromatic N) is 6. The van der Waals surface area contributed by atoms with Crippen molar-refractivity contribution < 1.29 is 9.13 Å². The van der Waals surface area contributed by atoms with E-state index < -0.39 is 0 Å². The zero-order valence-corrected chi connectivity index (χ0v) is 19.1. The van der Waals surface area contributed by atoms with E-state index in [1.54, 1.807) is 21.5 Å². The fourth-order valence-electron chi connectivity index (χ4n) is 4.13. The summed E-state index contributed by atoms with van der Waals surface area (Å²) in [4.78, 5) is 28.9. The van der Waals surface area contributed by atoms with Gasteiger partial charge in [0.15, 0.2) is 11.5 Å². The molecule has 1 aliphatic heterocycles. The second-order valence-electron chi connectivity index (χ2n) is 8.35. The minimum atomic E-state index is -0.329. The maximum absolute atomic E-state index is 13.2. The van der Waals surface area contributed by atoms with Crippen LogP contribution in [0.1, 0.15) is 19.8 Å². The summed E-state index contributed by atoms with van der Waals surface area (Å²) in [7, 11) is 2.11. The van der Waals surface area contributed by atoms with Crippen LogP contribution >= 0.6 is 0 Å². The lowest BCUT2D eigenvalue weighted by Gasteiger charge is -2.29. The van der Waals surface area contributed by atoms with Crippen LogP contribution in [0.5, 0.6) is 5.88 Å². The first-order valence-electron chi connectivity index (χ1n) is 11.4. The third-order valence-corrected chi connectivity index (χ3v) is 5.95. The van der Waals surface area contributed by atoms with Gasteiger partial charge in [-0.3, -0.25) is 4.79 Å². The zero-order chi connectivity index (χ0) is 23.7. The first-order chi connectivity index (χ1) is 16.5. The molecule has 0 aliphatic carbocycles. The highest BCUT2D eigenvalue weighted by Crippen LogP contribution is 2.21. The Bertz CT molecular complexity index is 1360. The van der Waals surface area contributed by atoms with Gasteiger partial charge in [-0.15, -0.1) is 0 Å². The summed E-state index contributed by atoms with van der Waals surface area (Å²) in [5, 5.41) is 3.44. The number of benzene rings is 1. The molecule has 5 rings (SSSR count). The number of aromatic nitrogens is 5. The predicted octanol–water partition coefficient (Wildman–Crippen LogP) is 3.35. The Morgan fingerprint density at radius 3 is 2.62 bits per heavy atom. The molecule has 9 nitrogen and oxygen atoms in total. The Balaban J connectivity index is 1.51. The molecule has 0 saturated carbocycles. The van der Waals surface area contributed by atoms with E-state index in [-0.39, 0.29) is 17.5 Å². The van der Waals surface area contributed by atoms with Gasteiger partial charge in [0, 0.05) is 37.6 Å². The Morgan fingerprint density at radius 2 is 1.88 bits per heavy atom. The predicted molar refractivity (Wildman–Crippen MR) is 127 cm³/mol. The van der Waals surface area contributed by atoms with Crippen LogP contribution in [-0.4, -0.2) is 55.5 Å². The normalized spacial score (nSPS) is 15.0. The molecule has 1 aromatic carbocycles. The van der Waals surface area contributed by atoms with Gasteiger partial charge in [-0.1, -0.05) is 6.07 Å². The van der Waals surface area contributed by atoms with Crippen molar-refractivity contribution in [3.05, 3.63) is 64.8 Å². The maximum atomic E-state index is 13.2. The highest BCUT2D eigenvalue weighted by molar-refractivity contribution is 5.77. The molecule has 0 unspecified atom stereocenters. The van der Waals surface area contributed by atoms with E-state index in [0.717, 1.165) is 25.9 Å². The Morgan fingerprint density at radius 1 is 1.12 bits per heavy atom. The second kappa shape index (κ2) is 9.22. The number of nitrogens with one attached hydrogen (secondary N) is 1. The Labute approximate surface area is 195 Å². The van der Waals surface area contributed by atoms with Gasteiger partial charge in [0.25, 0.3) is 5.56 Å². The molecular weight excluding hydrogens is 437 g/mol. The molecule has 0 amide bonds. The zero-order valence-electron chi connectivity index (χ0n) is 19.1. The van der Waals surface area contributed by atoms with Gasteiger partial charge in [-0.25, -0.2) is 18.7 Å². The third-order valence-electron chi connectivity index (χ3n) is 5.95. The van der Waals surface area contributed by atoms with Gasteiger partial charge in [0.2, 0.25) is 11.8 Å². The number of piperidine rings is 1. The minimum Gasteiger partial charge on any atom is -0.474 e. The SMILES string of the molecule is CCn1c(=O)c2cnc(Nc3ccc(F)cc3)nc2n1-c1cccc(OC2CCN(C)CC2)n1. The minimum absolute atomic E-state index is 0.113. The first kappa shape index (κ1) is 22.0. The number of pyridine rings is 1. The smallest absolute Gasteiger partial charge is 0.278 e. The molecule has 4 heterocycles. The molecule has 34 heavy (non-hydrogen) atoms. The van der Waals surface area contributed by atoms with E-state index in [4.69, 9.17) is 9.72 Å². The molecule has 176 valence electrons. The molecule has 4 aromatic rings. The van der Waals surface area contributed by atoms with Crippen molar-refractivity contribution in [1.29, 1.82) is 0 Å². The molecule has 1 N–H and O–H groups in total. The molecule has 3 aromatic heterocycles. The molecule has 1 saturated heterocycles. The molecule has 10 heteroatoms. The van der Waals surface area contributed by atoms with Crippen molar-refractivity contribution in [3.8, 4) is 11.7 Å². The summed E-state index contributed by atoms with van der Waals surface area (Å²) in [5.41, 5.74) is 0.862. The summed E-state index contributed by atoms with van der Waals surface area (Å²) in [6.45, 7) is 4.30. The van der Waals surface area contributed by atoms with Gasteiger partial charge >= 0.3 is 0 Å². The number of anilines is 2. The van der Waals surface area contributed by atoms with Gasteiger partial charge in [-0.2, -0.15) is 9.97 Å². The molecule has 0 atom stereocenters. The molecule has 0 spiro atoms. The number of rotatable bonds is 6. The number of fused-ring (bicyclic) bond motifs is 1. The quantitative estimate of drug-likeness (QED) is 0.469. The summed E-state index contributed by atoms with van der Waals surface area (Å²) in [6.07, 6.45) is 3.50. The van der Waals surface area contributed by atoms with E-state index in [0.29, 0.717) is 40.9 Å². The summed E-state index contributed by atoms with van der Waals surface area (Å²) >= 11 is 0. The van der Waals surface area contributed by atoms with Gasteiger partial charge < -0.3 is 15.0 Å². The highest BCUT2D eigenvalue weighted by Gasteiger charge is 2.20. The Hall–Kier alpha value is -3.79. The second-order valence-corrected chi connectivity index (χ2v) is 8.35. The average molecular weight is 464 g/mol. The molecule has 0 radical (unpaired) electrons. The topological polar surface area (TPSA) is 90.1 Å². The van der Waals surface area contributed by atoms with Gasteiger partial charge in [0.05, 0.1) is 0 Å². The van der Waals surface area contributed by atoms with E-state index in [1.807, 2.05) is 25.1 Å². The highest BCUT2D eigenvalue weighted by atomic mass is 19.1. The fraction of sp³-hybridized carbons (Fsp3) is 0.333. The van der Waals surface area contributed by atoms with Crippen LogP contribution in [-0.2, 0) is 6.54 Å². The fourth-order valence-corrected chi connectivity index (χ4v) is 4.13. The van der Waals surface area contributed by atoms with E-state index >= 15 is 0 Å². The number of halogens is 1. The first-order valence-corrected chi connectivity index (χ1v) is 11.4. The number of hydrogen-bond donors (Lipinski definition) is 1. The van der Waals surface area contributed by atoms with E-state index in [1.165, 1.54) is 18.3 Å². The largest absolute Gasteiger partial charge is 0.474 e. The van der Waals surface area contributed by atoms with Crippen LogP contribution in [0.3, 0.4) is 0 Å². The van der Waals surface area contributed by atoms with Crippen LogP contribution in [0.15, 0.2) is 53.5 Å². The van der Waals surface area contributed by atoms with Crippen LogP contribution in [0.2, 0.25) is 0 Å². The Kier molecular flexibility index (Phi) is 5.97. The van der Waals surface area contributed by atoms with Crippen molar-refractivity contribution >= 4 is 22.7 Å². The van der Waals surface area contributed by atoms with Crippen molar-refractivity contribution in [2.24, 2.45) is 0 Å². The molecular formula is C24H26FN7O2. The number of ether oxygens (including phenoxy) is 1. The molecule has 1 aliphatic rings. The van der Waals surface area contributed by atoms with Crippen LogP contribution in [0.4, 0.5) is 16.0 Å². The average Bonchev–Trinajstić information content (AvgIpc) is 3.13. The molecule has 0 bridgehead atoms. The lowest BCUT2D eigenvalue weighted by atomic mass is 10.1. The summed E-state index contributed by atoms with van der Waals surface area (Å²) < 4.78 is 22.7. The van der Waals surface area contributed by atoms with Gasteiger partial charge in [0.1, 0.15) is 17.3 Å². The lowest BCUT2D eigenvalue weighted by molar-refractivity contribution is 0.110. The van der Waals surface area contributed by atoms with Crippen LogP contribution in [0.25, 0.3) is 16.9 Å². The summed E-state index contributed by atoms with van der Waals surface area (Å²) in [6, 6.07) is 11.4. The maximum Gasteiger partial charge on any atom is 0.278 e. The van der Waals surface area contributed by atoms with E-state index in [9.17, 15) is 9.18 Å². The number of likely N-dealkylation sites (tertiary alicyclic amines) is 1. The van der Waals surface area contributed by atoms with E-state index in [2.05, 4.69) is 27.2 Å². The monoisotopic (exact) mass is 463 g/mol. The van der Waals surface area contributed by atoms with Crippen LogP contribution < -0.4 is 15.6 Å². The standard InChI is InChI=1S/C24H26FN7O2/c1-3-31-23(33)19-15-26-24(27-17-9-7-16(25)8-10-17)29-22(19)32(31)20-5-4-6-21(28-20)34-18-11-13-30(2)14-12-18/h4-10,15,18H,3,11-14H2,1-2H3,(H,26,27,29). The van der Waals surface area contributed by atoms with Crippen molar-refractivity contribution in [2.75, 3.05) is 25.5 Å². The van der Waals surface area contributed by atoms with Crippen molar-refractivity contribution in [2.45, 2.75) is 32.4 Å².